The zero-order chi connectivity index (χ0) is 17.3. The second-order valence-electron chi connectivity index (χ2n) is 4.93. The number of hydrogen-bond donors (Lipinski definition) is 0. The van der Waals surface area contributed by atoms with E-state index in [1.54, 1.807) is 6.92 Å². The van der Waals surface area contributed by atoms with Gasteiger partial charge in [0.2, 0.25) is 0 Å². The molecule has 1 unspecified atom stereocenters. The third kappa shape index (κ3) is 3.92. The van der Waals surface area contributed by atoms with Crippen molar-refractivity contribution in [3.05, 3.63) is 34.9 Å². The number of hydrogen-bond acceptors (Lipinski definition) is 2. The third-order valence-corrected chi connectivity index (χ3v) is 3.28. The Morgan fingerprint density at radius 2 is 1.55 bits per heavy atom. The Balaban J connectivity index is 3.51. The topological polar surface area (TPSA) is 26.3 Å². The maximum Gasteiger partial charge on any atom is 0.417 e. The molecule has 0 bridgehead atoms. The van der Waals surface area contributed by atoms with Crippen LogP contribution in [0.1, 0.15) is 43.9 Å². The zero-order valence-electron chi connectivity index (χ0n) is 12.0. The van der Waals surface area contributed by atoms with Crippen LogP contribution in [0.25, 0.3) is 0 Å². The predicted octanol–water partition coefficient (Wildman–Crippen LogP) is 4.91. The van der Waals surface area contributed by atoms with Gasteiger partial charge in [0.05, 0.1) is 11.1 Å². The smallest absolute Gasteiger partial charge is 0.417 e. The highest BCUT2D eigenvalue weighted by atomic mass is 19.4. The Labute approximate surface area is 123 Å². The molecular formula is C14H14F6O2. The Morgan fingerprint density at radius 3 is 1.91 bits per heavy atom. The summed E-state index contributed by atoms with van der Waals surface area (Å²) in [4.78, 5) is 11.1. The van der Waals surface area contributed by atoms with E-state index in [-0.39, 0.29) is 12.0 Å². The van der Waals surface area contributed by atoms with Gasteiger partial charge in [-0.1, -0.05) is 13.0 Å². The van der Waals surface area contributed by atoms with Crippen LogP contribution >= 0.6 is 0 Å². The number of carbonyl (C=O) groups excluding carboxylic acids is 1. The monoisotopic (exact) mass is 328 g/mol. The summed E-state index contributed by atoms with van der Waals surface area (Å²) >= 11 is 0. The second kappa shape index (κ2) is 5.81. The fraction of sp³-hybridized carbons (Fsp3) is 0.500. The van der Waals surface area contributed by atoms with E-state index >= 15 is 0 Å². The van der Waals surface area contributed by atoms with E-state index in [9.17, 15) is 31.1 Å². The standard InChI is InChI=1S/C14H14F6O2/c1-4-12(3,22-8(2)21)9-5-6-10(13(15,16)17)11(7-9)14(18,19)20/h5-7H,4H2,1-3H3. The van der Waals surface area contributed by atoms with Gasteiger partial charge in [-0.25, -0.2) is 0 Å². The van der Waals surface area contributed by atoms with Crippen LogP contribution in [-0.4, -0.2) is 5.97 Å². The number of carbonyl (C=O) groups is 1. The molecule has 0 aromatic heterocycles. The molecule has 0 aliphatic heterocycles. The first kappa shape index (κ1) is 18.3. The summed E-state index contributed by atoms with van der Waals surface area (Å²) in [5.41, 5.74) is -5.16. The maximum atomic E-state index is 12.9. The maximum absolute atomic E-state index is 12.9. The largest absolute Gasteiger partial charge is 0.455 e. The minimum Gasteiger partial charge on any atom is -0.455 e. The van der Waals surface area contributed by atoms with Gasteiger partial charge in [-0.2, -0.15) is 26.3 Å². The average molecular weight is 328 g/mol. The van der Waals surface area contributed by atoms with Crippen LogP contribution in [0.5, 0.6) is 0 Å². The van der Waals surface area contributed by atoms with Crippen molar-refractivity contribution in [2.45, 2.75) is 45.1 Å². The molecule has 0 aliphatic carbocycles. The van der Waals surface area contributed by atoms with Gasteiger partial charge in [0.25, 0.3) is 0 Å². The Morgan fingerprint density at radius 1 is 1.05 bits per heavy atom. The molecule has 2 nitrogen and oxygen atoms in total. The molecule has 0 fully saturated rings. The van der Waals surface area contributed by atoms with Crippen LogP contribution in [-0.2, 0) is 27.5 Å². The first-order valence-corrected chi connectivity index (χ1v) is 6.29. The van der Waals surface area contributed by atoms with Gasteiger partial charge >= 0.3 is 18.3 Å². The van der Waals surface area contributed by atoms with E-state index in [2.05, 4.69) is 0 Å². The van der Waals surface area contributed by atoms with Crippen LogP contribution in [0, 0.1) is 0 Å². The van der Waals surface area contributed by atoms with E-state index in [1.807, 2.05) is 0 Å². The molecule has 1 rings (SSSR count). The highest BCUT2D eigenvalue weighted by molar-refractivity contribution is 5.66. The number of halogens is 6. The lowest BCUT2D eigenvalue weighted by atomic mass is 9.89. The Hall–Kier alpha value is -1.73. The number of ether oxygens (including phenoxy) is 1. The number of esters is 1. The van der Waals surface area contributed by atoms with E-state index in [1.165, 1.54) is 6.92 Å². The minimum atomic E-state index is -5.17. The minimum absolute atomic E-state index is 0.106. The first-order chi connectivity index (χ1) is 9.81. The molecule has 1 atom stereocenters. The van der Waals surface area contributed by atoms with Crippen molar-refractivity contribution in [2.24, 2.45) is 0 Å². The highest BCUT2D eigenvalue weighted by Crippen LogP contribution is 2.42. The van der Waals surface area contributed by atoms with Gasteiger partial charge in [0, 0.05) is 6.92 Å². The fourth-order valence-electron chi connectivity index (χ4n) is 2.01. The van der Waals surface area contributed by atoms with Crippen LogP contribution in [0.3, 0.4) is 0 Å². The molecule has 8 heteroatoms. The molecule has 0 saturated heterocycles. The van der Waals surface area contributed by atoms with Crippen molar-refractivity contribution >= 4 is 5.97 Å². The normalized spacial score (nSPS) is 15.3. The van der Waals surface area contributed by atoms with Gasteiger partial charge in [0.1, 0.15) is 5.60 Å². The summed E-state index contributed by atoms with van der Waals surface area (Å²) in [6.07, 6.45) is -10.2. The van der Waals surface area contributed by atoms with E-state index in [0.717, 1.165) is 13.0 Å². The van der Waals surface area contributed by atoms with Gasteiger partial charge in [-0.05, 0) is 31.0 Å². The van der Waals surface area contributed by atoms with Gasteiger partial charge in [0.15, 0.2) is 0 Å². The predicted molar refractivity (Wildman–Crippen MR) is 65.9 cm³/mol. The molecule has 124 valence electrons. The van der Waals surface area contributed by atoms with Gasteiger partial charge in [-0.15, -0.1) is 0 Å². The molecule has 0 spiro atoms. The summed E-state index contributed by atoms with van der Waals surface area (Å²) in [5, 5.41) is 0. The van der Waals surface area contributed by atoms with Crippen molar-refractivity contribution in [3.63, 3.8) is 0 Å². The fourth-order valence-corrected chi connectivity index (χ4v) is 2.01. The van der Waals surface area contributed by atoms with Crippen molar-refractivity contribution in [1.82, 2.24) is 0 Å². The number of alkyl halides is 6. The second-order valence-corrected chi connectivity index (χ2v) is 4.93. The summed E-state index contributed by atoms with van der Waals surface area (Å²) in [7, 11) is 0. The molecule has 0 saturated carbocycles. The van der Waals surface area contributed by atoms with E-state index in [0.29, 0.717) is 12.1 Å². The summed E-state index contributed by atoms with van der Waals surface area (Å²) in [6.45, 7) is 3.97. The Bertz CT molecular complexity index is 561. The van der Waals surface area contributed by atoms with E-state index in [4.69, 9.17) is 4.74 Å². The molecule has 0 heterocycles. The summed E-state index contributed by atoms with van der Waals surface area (Å²) < 4.78 is 81.8. The lowest BCUT2D eigenvalue weighted by molar-refractivity contribution is -0.162. The van der Waals surface area contributed by atoms with Crippen molar-refractivity contribution in [1.29, 1.82) is 0 Å². The number of benzene rings is 1. The molecular weight excluding hydrogens is 314 g/mol. The third-order valence-electron chi connectivity index (χ3n) is 3.28. The van der Waals surface area contributed by atoms with Gasteiger partial charge in [-0.3, -0.25) is 4.79 Å². The molecule has 1 aromatic carbocycles. The average Bonchev–Trinajstić information content (AvgIpc) is 2.35. The molecule has 22 heavy (non-hydrogen) atoms. The quantitative estimate of drug-likeness (QED) is 0.582. The lowest BCUT2D eigenvalue weighted by Crippen LogP contribution is -2.28. The van der Waals surface area contributed by atoms with Crippen molar-refractivity contribution in [2.75, 3.05) is 0 Å². The first-order valence-electron chi connectivity index (χ1n) is 6.29. The summed E-state index contributed by atoms with van der Waals surface area (Å²) in [5.74, 6) is -0.738. The lowest BCUT2D eigenvalue weighted by Gasteiger charge is -2.29. The molecule has 0 amide bonds. The highest BCUT2D eigenvalue weighted by Gasteiger charge is 2.44. The van der Waals surface area contributed by atoms with Crippen LogP contribution in [0.4, 0.5) is 26.3 Å². The van der Waals surface area contributed by atoms with Crippen LogP contribution < -0.4 is 0 Å². The summed E-state index contributed by atoms with van der Waals surface area (Å²) in [6, 6.07) is 1.63. The van der Waals surface area contributed by atoms with Crippen molar-refractivity contribution in [3.8, 4) is 0 Å². The van der Waals surface area contributed by atoms with Gasteiger partial charge < -0.3 is 4.74 Å². The van der Waals surface area contributed by atoms with Crippen LogP contribution in [0.15, 0.2) is 18.2 Å². The molecule has 0 aliphatic rings. The molecule has 0 radical (unpaired) electrons. The zero-order valence-corrected chi connectivity index (χ0v) is 12.0. The van der Waals surface area contributed by atoms with Crippen LogP contribution in [0.2, 0.25) is 0 Å². The van der Waals surface area contributed by atoms with E-state index < -0.39 is 35.0 Å². The number of rotatable bonds is 3. The molecule has 1 aromatic rings. The van der Waals surface area contributed by atoms with Crippen molar-refractivity contribution < 1.29 is 35.9 Å². The molecule has 0 N–H and O–H groups in total. The SMILES string of the molecule is CCC(C)(OC(C)=O)c1ccc(C(F)(F)F)c(C(F)(F)F)c1. The Kier molecular flexibility index (Phi) is 4.84.